The van der Waals surface area contributed by atoms with Gasteiger partial charge in [0.25, 0.3) is 0 Å². The Bertz CT molecular complexity index is 520. The van der Waals surface area contributed by atoms with Crippen LogP contribution in [-0.2, 0) is 4.79 Å². The lowest BCUT2D eigenvalue weighted by Crippen LogP contribution is -2.21. The zero-order valence-corrected chi connectivity index (χ0v) is 13.0. The second-order valence-electron chi connectivity index (χ2n) is 6.71. The molecule has 2 aliphatic carbocycles. The van der Waals surface area contributed by atoms with Crippen LogP contribution in [0.15, 0.2) is 0 Å². The number of nitrogens with zero attached hydrogens (tertiary/aromatic N) is 3. The van der Waals surface area contributed by atoms with Gasteiger partial charge in [0.2, 0.25) is 0 Å². The van der Waals surface area contributed by atoms with Gasteiger partial charge in [-0.05, 0) is 38.5 Å². The third-order valence-corrected chi connectivity index (χ3v) is 5.47. The smallest absolute Gasteiger partial charge is 0.307 e. The molecule has 5 nitrogen and oxygen atoms in total. The molecule has 0 bridgehead atoms. The molecular formula is C16H25N3O2. The third kappa shape index (κ3) is 2.58. The minimum Gasteiger partial charge on any atom is -0.481 e. The van der Waals surface area contributed by atoms with Gasteiger partial charge in [0, 0.05) is 12.0 Å². The number of hydrogen-bond acceptors (Lipinski definition) is 3. The van der Waals surface area contributed by atoms with Crippen molar-refractivity contribution in [2.45, 2.75) is 70.8 Å². The van der Waals surface area contributed by atoms with Gasteiger partial charge in [-0.1, -0.05) is 26.2 Å². The number of carboxylic acid groups (broad SMARTS) is 1. The van der Waals surface area contributed by atoms with Crippen molar-refractivity contribution in [2.24, 2.45) is 11.8 Å². The van der Waals surface area contributed by atoms with Crippen molar-refractivity contribution >= 4 is 5.97 Å². The maximum Gasteiger partial charge on any atom is 0.307 e. The van der Waals surface area contributed by atoms with E-state index >= 15 is 0 Å². The van der Waals surface area contributed by atoms with Gasteiger partial charge in [-0.3, -0.25) is 4.79 Å². The molecule has 0 radical (unpaired) electrons. The third-order valence-electron chi connectivity index (χ3n) is 5.47. The fraction of sp³-hybridized carbons (Fsp3) is 0.812. The van der Waals surface area contributed by atoms with Crippen LogP contribution in [0.25, 0.3) is 0 Å². The Balaban J connectivity index is 1.93. The molecule has 0 saturated heterocycles. The largest absolute Gasteiger partial charge is 0.481 e. The lowest BCUT2D eigenvalue weighted by atomic mass is 9.95. The normalized spacial score (nSPS) is 30.1. The first-order valence-electron chi connectivity index (χ1n) is 8.26. The van der Waals surface area contributed by atoms with E-state index in [1.54, 1.807) is 0 Å². The first kappa shape index (κ1) is 14.5. The molecule has 116 valence electrons. The van der Waals surface area contributed by atoms with Gasteiger partial charge in [-0.2, -0.15) is 0 Å². The lowest BCUT2D eigenvalue weighted by molar-refractivity contribution is -0.142. The highest BCUT2D eigenvalue weighted by atomic mass is 16.4. The van der Waals surface area contributed by atoms with Gasteiger partial charge in [-0.25, -0.2) is 0 Å². The predicted octanol–water partition coefficient (Wildman–Crippen LogP) is 3.31. The van der Waals surface area contributed by atoms with E-state index in [4.69, 9.17) is 0 Å². The number of carbonyl (C=O) groups is 1. The van der Waals surface area contributed by atoms with Crippen LogP contribution in [0.2, 0.25) is 0 Å². The number of rotatable bonds is 4. The summed E-state index contributed by atoms with van der Waals surface area (Å²) in [5, 5.41) is 18.2. The van der Waals surface area contributed by atoms with E-state index in [9.17, 15) is 9.90 Å². The lowest BCUT2D eigenvalue weighted by Gasteiger charge is -2.21. The standard InChI is InChI=1S/C16H25N3O2/c1-3-11-8-13(14(9-11)16(20)21)15-18-17-10(2)19(15)12-6-4-5-7-12/h11-14H,3-9H2,1-2H3,(H,20,21). The molecule has 2 saturated carbocycles. The van der Waals surface area contributed by atoms with E-state index in [1.165, 1.54) is 25.7 Å². The highest BCUT2D eigenvalue weighted by molar-refractivity contribution is 5.71. The van der Waals surface area contributed by atoms with Crippen molar-refractivity contribution in [1.29, 1.82) is 0 Å². The van der Waals surface area contributed by atoms with Gasteiger partial charge in [0.05, 0.1) is 5.92 Å². The quantitative estimate of drug-likeness (QED) is 0.924. The minimum absolute atomic E-state index is 0.0363. The Hall–Kier alpha value is -1.39. The molecule has 0 aliphatic heterocycles. The van der Waals surface area contributed by atoms with Crippen LogP contribution in [0.5, 0.6) is 0 Å². The number of aliphatic carboxylic acids is 1. The number of carboxylic acids is 1. The van der Waals surface area contributed by atoms with Crippen molar-refractivity contribution in [3.8, 4) is 0 Å². The van der Waals surface area contributed by atoms with Crippen LogP contribution in [0.4, 0.5) is 0 Å². The summed E-state index contributed by atoms with van der Waals surface area (Å²) in [5.41, 5.74) is 0. The first-order valence-corrected chi connectivity index (χ1v) is 8.26. The van der Waals surface area contributed by atoms with Gasteiger partial charge in [-0.15, -0.1) is 10.2 Å². The molecule has 1 aromatic rings. The summed E-state index contributed by atoms with van der Waals surface area (Å²) in [4.78, 5) is 11.6. The topological polar surface area (TPSA) is 68.0 Å². The van der Waals surface area contributed by atoms with Crippen LogP contribution >= 0.6 is 0 Å². The van der Waals surface area contributed by atoms with Gasteiger partial charge < -0.3 is 9.67 Å². The van der Waals surface area contributed by atoms with E-state index in [1.807, 2.05) is 6.92 Å². The summed E-state index contributed by atoms with van der Waals surface area (Å²) in [5.74, 6) is 1.45. The first-order chi connectivity index (χ1) is 10.1. The molecule has 3 unspecified atom stereocenters. The molecule has 0 amide bonds. The van der Waals surface area contributed by atoms with Crippen LogP contribution < -0.4 is 0 Å². The molecule has 3 atom stereocenters. The zero-order chi connectivity index (χ0) is 15.0. The molecule has 5 heteroatoms. The molecule has 3 rings (SSSR count). The summed E-state index contributed by atoms with van der Waals surface area (Å²) >= 11 is 0. The van der Waals surface area contributed by atoms with Crippen LogP contribution in [0.3, 0.4) is 0 Å². The highest BCUT2D eigenvalue weighted by Crippen LogP contribution is 2.45. The Morgan fingerprint density at radius 1 is 1.29 bits per heavy atom. The van der Waals surface area contributed by atoms with Gasteiger partial charge >= 0.3 is 5.97 Å². The van der Waals surface area contributed by atoms with Crippen LogP contribution in [0, 0.1) is 18.8 Å². The summed E-state index contributed by atoms with van der Waals surface area (Å²) in [6, 6.07) is 0.477. The van der Waals surface area contributed by atoms with E-state index in [0.29, 0.717) is 12.0 Å². The average molecular weight is 291 g/mol. The van der Waals surface area contributed by atoms with Crippen molar-refractivity contribution in [1.82, 2.24) is 14.8 Å². The van der Waals surface area contributed by atoms with Gasteiger partial charge in [0.1, 0.15) is 11.6 Å². The fourth-order valence-corrected chi connectivity index (χ4v) is 4.29. The Morgan fingerprint density at radius 3 is 2.62 bits per heavy atom. The number of aryl methyl sites for hydroxylation is 1. The van der Waals surface area contributed by atoms with E-state index in [-0.39, 0.29) is 11.8 Å². The van der Waals surface area contributed by atoms with E-state index < -0.39 is 5.97 Å². The summed E-state index contributed by atoms with van der Waals surface area (Å²) < 4.78 is 2.26. The zero-order valence-electron chi connectivity index (χ0n) is 13.0. The highest BCUT2D eigenvalue weighted by Gasteiger charge is 2.42. The Morgan fingerprint density at radius 2 is 2.00 bits per heavy atom. The molecule has 2 fully saturated rings. The van der Waals surface area contributed by atoms with E-state index in [2.05, 4.69) is 21.7 Å². The second-order valence-corrected chi connectivity index (χ2v) is 6.71. The Labute approximate surface area is 125 Å². The maximum absolute atomic E-state index is 11.6. The maximum atomic E-state index is 11.6. The minimum atomic E-state index is -0.672. The predicted molar refractivity (Wildman–Crippen MR) is 79.1 cm³/mol. The average Bonchev–Trinajstić information content (AvgIpc) is 3.15. The van der Waals surface area contributed by atoms with Crippen LogP contribution in [-0.4, -0.2) is 25.8 Å². The SMILES string of the molecule is CCC1CC(C(=O)O)C(c2nnc(C)n2C2CCCC2)C1. The number of aromatic nitrogens is 3. The van der Waals surface area contributed by atoms with Crippen molar-refractivity contribution < 1.29 is 9.90 Å². The van der Waals surface area contributed by atoms with Crippen molar-refractivity contribution in [2.75, 3.05) is 0 Å². The molecule has 1 N–H and O–H groups in total. The summed E-state index contributed by atoms with van der Waals surface area (Å²) in [7, 11) is 0. The number of hydrogen-bond donors (Lipinski definition) is 1. The van der Waals surface area contributed by atoms with Crippen molar-refractivity contribution in [3.63, 3.8) is 0 Å². The molecule has 2 aliphatic rings. The van der Waals surface area contributed by atoms with Crippen LogP contribution in [0.1, 0.15) is 75.5 Å². The molecule has 0 aromatic carbocycles. The molecule has 1 heterocycles. The molecule has 1 aromatic heterocycles. The fourth-order valence-electron chi connectivity index (χ4n) is 4.29. The molecule has 21 heavy (non-hydrogen) atoms. The van der Waals surface area contributed by atoms with Crippen molar-refractivity contribution in [3.05, 3.63) is 11.6 Å². The summed E-state index contributed by atoms with van der Waals surface area (Å²) in [6.45, 7) is 4.15. The monoisotopic (exact) mass is 291 g/mol. The van der Waals surface area contributed by atoms with Gasteiger partial charge in [0.15, 0.2) is 0 Å². The summed E-state index contributed by atoms with van der Waals surface area (Å²) in [6.07, 6.45) is 7.64. The molecular weight excluding hydrogens is 266 g/mol. The second kappa shape index (κ2) is 5.78. The molecule has 0 spiro atoms. The Kier molecular flexibility index (Phi) is 4.00. The van der Waals surface area contributed by atoms with E-state index in [0.717, 1.165) is 30.9 Å².